The minimum Gasteiger partial charge on any atom is -0.497 e. The van der Waals surface area contributed by atoms with E-state index >= 15 is 0 Å². The lowest BCUT2D eigenvalue weighted by atomic mass is 10.1. The van der Waals surface area contributed by atoms with E-state index < -0.39 is 17.1 Å². The van der Waals surface area contributed by atoms with Gasteiger partial charge in [0.1, 0.15) is 17.2 Å². The second-order valence-corrected chi connectivity index (χ2v) is 12.4. The summed E-state index contributed by atoms with van der Waals surface area (Å²) in [5.41, 5.74) is 3.38. The summed E-state index contributed by atoms with van der Waals surface area (Å²) in [6.07, 6.45) is 1.60. The quantitative estimate of drug-likeness (QED) is 0.0943. The summed E-state index contributed by atoms with van der Waals surface area (Å²) in [4.78, 5) is 44.6. The van der Waals surface area contributed by atoms with Crippen molar-refractivity contribution in [3.63, 3.8) is 0 Å². The number of thiazole rings is 1. The van der Waals surface area contributed by atoms with Gasteiger partial charge in [0.2, 0.25) is 5.91 Å². The zero-order valence-corrected chi connectivity index (χ0v) is 27.5. The van der Waals surface area contributed by atoms with Crippen LogP contribution in [-0.4, -0.2) is 42.2 Å². The van der Waals surface area contributed by atoms with Gasteiger partial charge in [0.25, 0.3) is 11.8 Å². The maximum atomic E-state index is 13.4. The number of nitrogens with one attached hydrogen (secondary N) is 3. The molecule has 0 saturated carbocycles. The number of hydrogen-bond donors (Lipinski definition) is 3. The zero-order valence-electron chi connectivity index (χ0n) is 25.9. The number of carbonyl (C=O) groups is 3. The van der Waals surface area contributed by atoms with Crippen molar-refractivity contribution in [3.8, 4) is 22.8 Å². The van der Waals surface area contributed by atoms with Crippen molar-refractivity contribution in [2.45, 2.75) is 17.1 Å². The molecule has 47 heavy (non-hydrogen) atoms. The van der Waals surface area contributed by atoms with Gasteiger partial charge in [0, 0.05) is 27.1 Å². The van der Waals surface area contributed by atoms with Crippen LogP contribution in [0, 0.1) is 0 Å². The molecule has 1 atom stereocenters. The fourth-order valence-electron chi connectivity index (χ4n) is 4.34. The Labute approximate surface area is 281 Å². The third kappa shape index (κ3) is 9.09. The highest BCUT2D eigenvalue weighted by molar-refractivity contribution is 8.00. The number of aromatic nitrogens is 1. The fraction of sp³-hybridized carbons (Fsp3) is 0.111. The number of methoxy groups -OCH3 is 2. The zero-order chi connectivity index (χ0) is 33.2. The Bertz CT molecular complexity index is 1870. The molecule has 0 spiro atoms. The molecule has 4 aromatic carbocycles. The van der Waals surface area contributed by atoms with Crippen LogP contribution in [-0.2, 0) is 9.59 Å². The number of anilines is 2. The number of hydrogen-bond acceptors (Lipinski definition) is 8. The monoisotopic (exact) mass is 664 g/mol. The van der Waals surface area contributed by atoms with E-state index in [2.05, 4.69) is 20.9 Å². The van der Waals surface area contributed by atoms with Crippen LogP contribution < -0.4 is 25.4 Å². The molecule has 5 rings (SSSR count). The topological polar surface area (TPSA) is 119 Å². The number of thioether (sulfide) groups is 1. The van der Waals surface area contributed by atoms with E-state index in [0.29, 0.717) is 27.7 Å². The first-order valence-corrected chi connectivity index (χ1v) is 16.3. The molecule has 1 unspecified atom stereocenters. The Kier molecular flexibility index (Phi) is 11.1. The molecule has 11 heteroatoms. The Morgan fingerprint density at radius 3 is 2.26 bits per heavy atom. The third-order valence-electron chi connectivity index (χ3n) is 6.85. The predicted octanol–water partition coefficient (Wildman–Crippen LogP) is 7.36. The molecule has 5 aromatic rings. The summed E-state index contributed by atoms with van der Waals surface area (Å²) in [7, 11) is 3.19. The van der Waals surface area contributed by atoms with Gasteiger partial charge in [0.15, 0.2) is 5.13 Å². The van der Waals surface area contributed by atoms with Gasteiger partial charge in [-0.25, -0.2) is 4.98 Å². The van der Waals surface area contributed by atoms with Gasteiger partial charge in [-0.2, -0.15) is 0 Å². The molecule has 0 aliphatic rings. The van der Waals surface area contributed by atoms with Crippen molar-refractivity contribution in [2.75, 3.05) is 24.9 Å². The van der Waals surface area contributed by atoms with Crippen LogP contribution in [0.1, 0.15) is 22.8 Å². The van der Waals surface area contributed by atoms with Gasteiger partial charge in [-0.3, -0.25) is 14.4 Å². The average Bonchev–Trinajstić information content (AvgIpc) is 3.58. The van der Waals surface area contributed by atoms with E-state index in [-0.39, 0.29) is 11.6 Å². The predicted molar refractivity (Wildman–Crippen MR) is 188 cm³/mol. The Morgan fingerprint density at radius 1 is 0.830 bits per heavy atom. The van der Waals surface area contributed by atoms with Crippen LogP contribution in [0.15, 0.2) is 119 Å². The lowest BCUT2D eigenvalue weighted by Crippen LogP contribution is -2.30. The van der Waals surface area contributed by atoms with Crippen LogP contribution in [0.25, 0.3) is 17.3 Å². The van der Waals surface area contributed by atoms with Crippen molar-refractivity contribution in [1.29, 1.82) is 0 Å². The van der Waals surface area contributed by atoms with Crippen LogP contribution in [0.2, 0.25) is 0 Å². The standard InChI is InChI=1S/C36H32N4O5S2/c1-23(33(41)40-36-39-32(22-46-36)26-10-7-11-29(21-26)45-3)47-30-18-14-27(15-19-30)37-35(43)31(20-24-12-16-28(44-2)17-13-24)38-34(42)25-8-5-4-6-9-25/h4-23H,1-3H3,(H,37,43)(H,38,42)(H,39,40,41)/b31-20-. The van der Waals surface area contributed by atoms with Gasteiger partial charge in [-0.05, 0) is 79.2 Å². The van der Waals surface area contributed by atoms with Crippen molar-refractivity contribution in [1.82, 2.24) is 10.3 Å². The van der Waals surface area contributed by atoms with Crippen LogP contribution in [0.4, 0.5) is 10.8 Å². The second-order valence-electron chi connectivity index (χ2n) is 10.1. The molecular formula is C36H32N4O5S2. The van der Waals surface area contributed by atoms with Gasteiger partial charge in [0.05, 0.1) is 25.2 Å². The lowest BCUT2D eigenvalue weighted by molar-refractivity contribution is -0.115. The Morgan fingerprint density at radius 2 is 1.55 bits per heavy atom. The maximum absolute atomic E-state index is 13.4. The molecular weight excluding hydrogens is 633 g/mol. The Balaban J connectivity index is 1.21. The van der Waals surface area contributed by atoms with E-state index in [9.17, 15) is 14.4 Å². The smallest absolute Gasteiger partial charge is 0.272 e. The van der Waals surface area contributed by atoms with Gasteiger partial charge < -0.3 is 25.4 Å². The number of benzene rings is 4. The first-order chi connectivity index (χ1) is 22.8. The minimum atomic E-state index is -0.491. The first kappa shape index (κ1) is 33.0. The summed E-state index contributed by atoms with van der Waals surface area (Å²) < 4.78 is 10.5. The molecule has 0 fully saturated rings. The summed E-state index contributed by atoms with van der Waals surface area (Å²) in [6.45, 7) is 1.82. The molecule has 0 aliphatic carbocycles. The number of carbonyl (C=O) groups excluding carboxylic acids is 3. The SMILES string of the molecule is COc1ccc(/C=C(\NC(=O)c2ccccc2)C(=O)Nc2ccc(SC(C)C(=O)Nc3nc(-c4cccc(OC)c4)cs3)cc2)cc1. The molecule has 3 N–H and O–H groups in total. The van der Waals surface area contributed by atoms with Crippen molar-refractivity contribution in [2.24, 2.45) is 0 Å². The Hall–Kier alpha value is -5.39. The first-order valence-electron chi connectivity index (χ1n) is 14.5. The van der Waals surface area contributed by atoms with Crippen molar-refractivity contribution in [3.05, 3.63) is 125 Å². The third-order valence-corrected chi connectivity index (χ3v) is 8.72. The van der Waals surface area contributed by atoms with E-state index in [4.69, 9.17) is 9.47 Å². The van der Waals surface area contributed by atoms with Crippen LogP contribution in [0.5, 0.6) is 11.5 Å². The van der Waals surface area contributed by atoms with Gasteiger partial charge >= 0.3 is 0 Å². The highest BCUT2D eigenvalue weighted by Gasteiger charge is 2.18. The largest absolute Gasteiger partial charge is 0.497 e. The molecule has 1 aromatic heterocycles. The van der Waals surface area contributed by atoms with Crippen LogP contribution >= 0.6 is 23.1 Å². The van der Waals surface area contributed by atoms with E-state index in [1.807, 2.05) is 54.8 Å². The van der Waals surface area contributed by atoms with Crippen molar-refractivity contribution >= 4 is 57.7 Å². The summed E-state index contributed by atoms with van der Waals surface area (Å²) in [6, 6.07) is 30.5. The van der Waals surface area contributed by atoms with Gasteiger partial charge in [-0.1, -0.05) is 42.5 Å². The molecule has 238 valence electrons. The molecule has 0 radical (unpaired) electrons. The summed E-state index contributed by atoms with van der Waals surface area (Å²) in [5.74, 6) is 0.329. The van der Waals surface area contributed by atoms with E-state index in [1.165, 1.54) is 23.1 Å². The lowest BCUT2D eigenvalue weighted by Gasteiger charge is -2.13. The molecule has 0 aliphatic heterocycles. The number of ether oxygens (including phenoxy) is 2. The van der Waals surface area contributed by atoms with E-state index in [1.54, 1.807) is 81.0 Å². The molecule has 9 nitrogen and oxygen atoms in total. The normalized spacial score (nSPS) is 11.7. The summed E-state index contributed by atoms with van der Waals surface area (Å²) >= 11 is 2.73. The highest BCUT2D eigenvalue weighted by Crippen LogP contribution is 2.29. The average molecular weight is 665 g/mol. The van der Waals surface area contributed by atoms with Crippen LogP contribution in [0.3, 0.4) is 0 Å². The number of nitrogens with zero attached hydrogens (tertiary/aromatic N) is 1. The minimum absolute atomic E-state index is 0.0736. The molecule has 1 heterocycles. The number of rotatable bonds is 12. The maximum Gasteiger partial charge on any atom is 0.272 e. The molecule has 0 bridgehead atoms. The summed E-state index contributed by atoms with van der Waals surface area (Å²) in [5, 5.41) is 10.5. The highest BCUT2D eigenvalue weighted by atomic mass is 32.2. The molecule has 3 amide bonds. The van der Waals surface area contributed by atoms with Gasteiger partial charge in [-0.15, -0.1) is 23.1 Å². The molecule has 0 saturated heterocycles. The van der Waals surface area contributed by atoms with E-state index in [0.717, 1.165) is 21.9 Å². The fourth-order valence-corrected chi connectivity index (χ4v) is 5.93. The number of amides is 3. The van der Waals surface area contributed by atoms with Crippen molar-refractivity contribution < 1.29 is 23.9 Å². The second kappa shape index (κ2) is 15.7.